The Kier molecular flexibility index (Phi) is 6.55. The van der Waals surface area contributed by atoms with Gasteiger partial charge >= 0.3 is 0 Å². The van der Waals surface area contributed by atoms with Crippen molar-refractivity contribution in [2.75, 3.05) is 6.61 Å². The molecule has 43 heavy (non-hydrogen) atoms. The molecule has 4 heteroatoms. The minimum atomic E-state index is 0.261. The van der Waals surface area contributed by atoms with E-state index in [-0.39, 0.29) is 6.04 Å². The molecule has 2 aromatic heterocycles. The second kappa shape index (κ2) is 10.9. The molecule has 0 saturated heterocycles. The fraction of sp³-hybridized carbons (Fsp3) is 0.231. The number of ether oxygens (including phenoxy) is 1. The van der Waals surface area contributed by atoms with Crippen molar-refractivity contribution in [1.29, 1.82) is 0 Å². The molecule has 0 spiro atoms. The molecule has 1 aliphatic carbocycles. The van der Waals surface area contributed by atoms with Gasteiger partial charge in [0.1, 0.15) is 6.61 Å². The second-order valence-corrected chi connectivity index (χ2v) is 12.1. The molecule has 0 radical (unpaired) electrons. The number of para-hydroxylation sites is 1. The fourth-order valence-electron chi connectivity index (χ4n) is 7.07. The molecule has 6 aromatic rings. The van der Waals surface area contributed by atoms with E-state index in [0.717, 1.165) is 39.5 Å². The van der Waals surface area contributed by atoms with E-state index in [4.69, 9.17) is 14.7 Å². The van der Waals surface area contributed by atoms with E-state index in [0.29, 0.717) is 12.5 Å². The lowest BCUT2D eigenvalue weighted by atomic mass is 9.84. The van der Waals surface area contributed by atoms with Gasteiger partial charge in [-0.1, -0.05) is 79.9 Å². The van der Waals surface area contributed by atoms with Crippen molar-refractivity contribution in [1.82, 2.24) is 9.55 Å². The van der Waals surface area contributed by atoms with Crippen LogP contribution in [0.4, 0.5) is 0 Å². The van der Waals surface area contributed by atoms with E-state index in [9.17, 15) is 0 Å². The van der Waals surface area contributed by atoms with Crippen molar-refractivity contribution in [3.8, 4) is 28.1 Å². The first kappa shape index (κ1) is 26.0. The van der Waals surface area contributed by atoms with Gasteiger partial charge < -0.3 is 9.30 Å². The van der Waals surface area contributed by atoms with E-state index in [1.807, 2.05) is 12.3 Å². The lowest BCUT2D eigenvalue weighted by Crippen LogP contribution is -2.22. The highest BCUT2D eigenvalue weighted by Gasteiger charge is 2.29. The van der Waals surface area contributed by atoms with Crippen LogP contribution in [0, 0.1) is 12.8 Å². The molecule has 0 unspecified atom stereocenters. The topological polar surface area (TPSA) is 39.4 Å². The molecule has 4 aromatic carbocycles. The van der Waals surface area contributed by atoms with Gasteiger partial charge in [0.25, 0.3) is 0 Å². The van der Waals surface area contributed by atoms with Crippen molar-refractivity contribution in [2.45, 2.75) is 45.1 Å². The van der Waals surface area contributed by atoms with Crippen LogP contribution in [-0.2, 0) is 4.74 Å². The van der Waals surface area contributed by atoms with Gasteiger partial charge in [-0.05, 0) is 84.8 Å². The molecule has 0 amide bonds. The minimum Gasteiger partial charge on any atom is -0.475 e. The molecule has 1 saturated carbocycles. The summed E-state index contributed by atoms with van der Waals surface area (Å²) in [7, 11) is 0. The largest absolute Gasteiger partial charge is 0.475 e. The summed E-state index contributed by atoms with van der Waals surface area (Å²) in [4.78, 5) is 9.90. The summed E-state index contributed by atoms with van der Waals surface area (Å²) < 4.78 is 8.76. The molecule has 1 atom stereocenters. The Labute approximate surface area is 252 Å². The zero-order chi connectivity index (χ0) is 28.8. The summed E-state index contributed by atoms with van der Waals surface area (Å²) in [5.41, 5.74) is 10.1. The molecule has 1 aliphatic heterocycles. The fourth-order valence-corrected chi connectivity index (χ4v) is 7.07. The molecule has 1 fully saturated rings. The van der Waals surface area contributed by atoms with Gasteiger partial charge in [-0.15, -0.1) is 0 Å². The van der Waals surface area contributed by atoms with Gasteiger partial charge in [-0.2, -0.15) is 0 Å². The zero-order valence-corrected chi connectivity index (χ0v) is 24.5. The number of aromatic nitrogens is 2. The first-order valence-corrected chi connectivity index (χ1v) is 15.6. The maximum Gasteiger partial charge on any atom is 0.216 e. The van der Waals surface area contributed by atoms with Crippen LogP contribution in [0.15, 0.2) is 114 Å². The second-order valence-electron chi connectivity index (χ2n) is 12.1. The Bertz CT molecular complexity index is 1980. The lowest BCUT2D eigenvalue weighted by Gasteiger charge is -2.24. The third-order valence-electron chi connectivity index (χ3n) is 9.28. The van der Waals surface area contributed by atoms with Crippen LogP contribution in [-0.4, -0.2) is 28.1 Å². The smallest absolute Gasteiger partial charge is 0.216 e. The van der Waals surface area contributed by atoms with Crippen molar-refractivity contribution < 1.29 is 4.74 Å². The Morgan fingerprint density at radius 3 is 2.33 bits per heavy atom. The summed E-state index contributed by atoms with van der Waals surface area (Å²) in [6.07, 6.45) is 8.40. The Morgan fingerprint density at radius 1 is 0.674 bits per heavy atom. The van der Waals surface area contributed by atoms with Crippen LogP contribution in [0.2, 0.25) is 0 Å². The normalized spacial score (nSPS) is 17.3. The number of hydrogen-bond acceptors (Lipinski definition) is 3. The standard InChI is InChI=1S/C39H35N3O/c1-26-18-19-40-35(20-26)29-16-17-34-33-14-8-9-15-37(33)42(38(34)24-29)32-22-30(27-10-4-2-5-11-27)21-31(23-32)39-41-36(25-43-39)28-12-6-3-7-13-28/h2,4-5,8-11,14-24,28,36H,3,6-7,12-13,25H2,1H3/t36-/m0/s1. The number of aliphatic imine (C=N–C) groups is 1. The van der Waals surface area contributed by atoms with Crippen LogP contribution in [0.1, 0.15) is 43.2 Å². The summed E-state index contributed by atoms with van der Waals surface area (Å²) in [5, 5.41) is 2.46. The molecule has 8 rings (SSSR count). The molecule has 4 nitrogen and oxygen atoms in total. The van der Waals surface area contributed by atoms with E-state index in [2.05, 4.69) is 109 Å². The molecule has 0 N–H and O–H groups in total. The maximum absolute atomic E-state index is 6.36. The number of rotatable bonds is 5. The van der Waals surface area contributed by atoms with Gasteiger partial charge in [0, 0.05) is 33.8 Å². The highest BCUT2D eigenvalue weighted by atomic mass is 16.5. The number of hydrogen-bond donors (Lipinski definition) is 0. The van der Waals surface area contributed by atoms with Crippen molar-refractivity contribution in [3.63, 3.8) is 0 Å². The van der Waals surface area contributed by atoms with Crippen molar-refractivity contribution in [3.05, 3.63) is 120 Å². The van der Waals surface area contributed by atoms with Crippen molar-refractivity contribution in [2.24, 2.45) is 10.9 Å². The van der Waals surface area contributed by atoms with Crippen LogP contribution in [0.5, 0.6) is 0 Å². The van der Waals surface area contributed by atoms with Gasteiger partial charge in [0.15, 0.2) is 0 Å². The number of pyridine rings is 1. The number of nitrogens with zero attached hydrogens (tertiary/aromatic N) is 3. The Morgan fingerprint density at radius 2 is 1.47 bits per heavy atom. The molecule has 0 bridgehead atoms. The number of aryl methyl sites for hydroxylation is 1. The Hall–Kier alpha value is -4.70. The van der Waals surface area contributed by atoms with Crippen molar-refractivity contribution >= 4 is 27.7 Å². The average Bonchev–Trinajstić information content (AvgIpc) is 3.69. The molecule has 212 valence electrons. The predicted molar refractivity (Wildman–Crippen MR) is 177 cm³/mol. The molecular weight excluding hydrogens is 526 g/mol. The monoisotopic (exact) mass is 561 g/mol. The van der Waals surface area contributed by atoms with E-state index >= 15 is 0 Å². The van der Waals surface area contributed by atoms with Gasteiger partial charge in [0.05, 0.1) is 22.8 Å². The minimum absolute atomic E-state index is 0.261. The van der Waals surface area contributed by atoms with E-state index in [1.165, 1.54) is 59.5 Å². The van der Waals surface area contributed by atoms with Crippen LogP contribution < -0.4 is 0 Å². The number of fused-ring (bicyclic) bond motifs is 3. The zero-order valence-electron chi connectivity index (χ0n) is 24.5. The van der Waals surface area contributed by atoms with Crippen LogP contribution in [0.3, 0.4) is 0 Å². The van der Waals surface area contributed by atoms with Gasteiger partial charge in [-0.3, -0.25) is 4.98 Å². The molecule has 3 heterocycles. The summed E-state index contributed by atoms with van der Waals surface area (Å²) in [6, 6.07) is 37.3. The average molecular weight is 562 g/mol. The number of benzene rings is 4. The maximum atomic E-state index is 6.36. The first-order valence-electron chi connectivity index (χ1n) is 15.6. The van der Waals surface area contributed by atoms with E-state index < -0.39 is 0 Å². The summed E-state index contributed by atoms with van der Waals surface area (Å²) in [6.45, 7) is 2.80. The Balaban J connectivity index is 1.33. The highest BCUT2D eigenvalue weighted by Crippen LogP contribution is 2.37. The highest BCUT2D eigenvalue weighted by molar-refractivity contribution is 6.10. The van der Waals surface area contributed by atoms with Gasteiger partial charge in [-0.25, -0.2) is 4.99 Å². The third-order valence-corrected chi connectivity index (χ3v) is 9.28. The first-order chi connectivity index (χ1) is 21.2. The predicted octanol–water partition coefficient (Wildman–Crippen LogP) is 9.55. The third kappa shape index (κ3) is 4.81. The van der Waals surface area contributed by atoms with Gasteiger partial charge in [0.2, 0.25) is 5.90 Å². The summed E-state index contributed by atoms with van der Waals surface area (Å²) in [5.74, 6) is 1.41. The van der Waals surface area contributed by atoms with E-state index in [1.54, 1.807) is 0 Å². The SMILES string of the molecule is Cc1ccnc(-c2ccc3c4ccccc4n(-c4cc(C5=N[C@H](C6CCCCC6)CO5)cc(-c5ccccc5)c4)c3c2)c1. The molecular formula is C39H35N3O. The quantitative estimate of drug-likeness (QED) is 0.210. The van der Waals surface area contributed by atoms with Crippen LogP contribution >= 0.6 is 0 Å². The lowest BCUT2D eigenvalue weighted by molar-refractivity contribution is 0.240. The summed E-state index contributed by atoms with van der Waals surface area (Å²) >= 11 is 0. The van der Waals surface area contributed by atoms with Crippen LogP contribution in [0.25, 0.3) is 49.9 Å². The molecule has 2 aliphatic rings.